The lowest BCUT2D eigenvalue weighted by Gasteiger charge is -2.26. The van der Waals surface area contributed by atoms with Gasteiger partial charge < -0.3 is 24.1 Å². The smallest absolute Gasteiger partial charge is 0.339 e. The topological polar surface area (TPSA) is 120 Å². The first-order valence-corrected chi connectivity index (χ1v) is 9.07. The van der Waals surface area contributed by atoms with Crippen molar-refractivity contribution in [2.45, 2.75) is 13.8 Å². The summed E-state index contributed by atoms with van der Waals surface area (Å²) >= 11 is 0. The predicted octanol–water partition coefficient (Wildman–Crippen LogP) is 1.79. The molecule has 150 valence electrons. The molecule has 0 aliphatic carbocycles. The molecule has 29 heavy (non-hydrogen) atoms. The van der Waals surface area contributed by atoms with Crippen LogP contribution in [-0.2, 0) is 9.53 Å². The summed E-state index contributed by atoms with van der Waals surface area (Å²) in [4.78, 5) is 37.9. The molecule has 1 saturated heterocycles. The Bertz CT molecular complexity index is 1120. The van der Waals surface area contributed by atoms with Crippen LogP contribution in [0.5, 0.6) is 6.01 Å². The Kier molecular flexibility index (Phi) is 5.09. The number of ether oxygens (including phenoxy) is 2. The van der Waals surface area contributed by atoms with Gasteiger partial charge in [-0.25, -0.2) is 4.79 Å². The highest BCUT2D eigenvalue weighted by atomic mass is 16.5. The molecule has 0 saturated carbocycles. The number of aromatic nitrogens is 3. The van der Waals surface area contributed by atoms with Crippen molar-refractivity contribution in [2.75, 3.05) is 36.5 Å². The van der Waals surface area contributed by atoms with Crippen LogP contribution in [0.3, 0.4) is 0 Å². The highest BCUT2D eigenvalue weighted by molar-refractivity contribution is 5.81. The van der Waals surface area contributed by atoms with Crippen molar-refractivity contribution in [3.8, 4) is 6.01 Å². The van der Waals surface area contributed by atoms with Gasteiger partial charge in [0.25, 0.3) is 0 Å². The van der Waals surface area contributed by atoms with Crippen LogP contribution in [-0.4, -0.2) is 47.2 Å². The number of nitrogens with one attached hydrogen (secondary N) is 1. The molecule has 0 radical (unpaired) electrons. The summed E-state index contributed by atoms with van der Waals surface area (Å²) in [5, 5.41) is 3.85. The van der Waals surface area contributed by atoms with Gasteiger partial charge in [-0.15, -0.1) is 0 Å². The lowest BCUT2D eigenvalue weighted by molar-refractivity contribution is -0.132. The van der Waals surface area contributed by atoms with Crippen molar-refractivity contribution < 1.29 is 18.7 Å². The quantitative estimate of drug-likeness (QED) is 0.515. The molecule has 1 aromatic carbocycles. The maximum Gasteiger partial charge on any atom is 0.339 e. The van der Waals surface area contributed by atoms with Crippen molar-refractivity contribution >= 4 is 34.5 Å². The van der Waals surface area contributed by atoms with E-state index < -0.39 is 5.97 Å². The molecule has 1 aliphatic heterocycles. The minimum atomic E-state index is -0.530. The van der Waals surface area contributed by atoms with Gasteiger partial charge in [0.2, 0.25) is 11.9 Å². The zero-order valence-electron chi connectivity index (χ0n) is 16.0. The molecule has 3 aromatic rings. The average molecular weight is 397 g/mol. The van der Waals surface area contributed by atoms with E-state index in [-0.39, 0.29) is 17.6 Å². The van der Waals surface area contributed by atoms with Crippen LogP contribution in [0.1, 0.15) is 12.5 Å². The Morgan fingerprint density at radius 1 is 1.17 bits per heavy atom. The number of nitrogens with zero attached hydrogens (tertiary/aromatic N) is 4. The minimum absolute atomic E-state index is 0.0977. The fourth-order valence-corrected chi connectivity index (χ4v) is 2.90. The molecule has 1 aliphatic rings. The third kappa shape index (κ3) is 4.32. The van der Waals surface area contributed by atoms with E-state index in [1.165, 1.54) is 6.92 Å². The van der Waals surface area contributed by atoms with Gasteiger partial charge in [-0.3, -0.25) is 4.79 Å². The Morgan fingerprint density at radius 3 is 2.72 bits per heavy atom. The summed E-state index contributed by atoms with van der Waals surface area (Å²) in [6.45, 7) is 5.32. The fraction of sp³-hybridized carbons (Fsp3) is 0.316. The van der Waals surface area contributed by atoms with E-state index in [2.05, 4.69) is 20.3 Å². The number of carbonyl (C=O) groups excluding carboxylic acids is 1. The molecule has 10 nitrogen and oxygen atoms in total. The maximum absolute atomic E-state index is 11.8. The number of morpholine rings is 1. The van der Waals surface area contributed by atoms with Gasteiger partial charge in [0.05, 0.1) is 13.2 Å². The molecule has 0 unspecified atom stereocenters. The number of rotatable bonds is 4. The van der Waals surface area contributed by atoms with Crippen LogP contribution in [0.4, 0.5) is 17.6 Å². The molecule has 0 atom stereocenters. The number of benzene rings is 1. The standard InChI is InChI=1S/C19H19N5O5/c1-11-9-13-3-4-14(10-15(13)29-16(11)26)20-17-21-18(24-5-7-27-8-6-24)23-19(22-17)28-12(2)25/h3-4,9-10H,5-8H2,1-2H3,(H,20,21,22,23). The number of hydrogen-bond acceptors (Lipinski definition) is 10. The van der Waals surface area contributed by atoms with Crippen LogP contribution in [0.25, 0.3) is 11.0 Å². The van der Waals surface area contributed by atoms with Crippen molar-refractivity contribution in [1.29, 1.82) is 0 Å². The Morgan fingerprint density at radius 2 is 1.97 bits per heavy atom. The van der Waals surface area contributed by atoms with E-state index in [4.69, 9.17) is 13.9 Å². The van der Waals surface area contributed by atoms with Gasteiger partial charge in [0.15, 0.2) is 0 Å². The second-order valence-corrected chi connectivity index (χ2v) is 6.53. The van der Waals surface area contributed by atoms with Crippen molar-refractivity contribution in [2.24, 2.45) is 0 Å². The van der Waals surface area contributed by atoms with E-state index in [0.29, 0.717) is 49.1 Å². The van der Waals surface area contributed by atoms with E-state index in [1.807, 2.05) is 17.0 Å². The van der Waals surface area contributed by atoms with Gasteiger partial charge >= 0.3 is 17.6 Å². The second kappa shape index (κ2) is 7.84. The third-order valence-corrected chi connectivity index (χ3v) is 4.30. The highest BCUT2D eigenvalue weighted by Gasteiger charge is 2.18. The van der Waals surface area contributed by atoms with Crippen LogP contribution in [0.15, 0.2) is 33.5 Å². The first kappa shape index (κ1) is 18.8. The first-order chi connectivity index (χ1) is 14.0. The predicted molar refractivity (Wildman–Crippen MR) is 105 cm³/mol. The summed E-state index contributed by atoms with van der Waals surface area (Å²) in [7, 11) is 0. The maximum atomic E-state index is 11.8. The minimum Gasteiger partial charge on any atom is -0.422 e. The van der Waals surface area contributed by atoms with Crippen LogP contribution in [0, 0.1) is 6.92 Å². The first-order valence-electron chi connectivity index (χ1n) is 9.07. The monoisotopic (exact) mass is 397 g/mol. The van der Waals surface area contributed by atoms with Gasteiger partial charge in [-0.05, 0) is 25.1 Å². The molecule has 10 heteroatoms. The van der Waals surface area contributed by atoms with Crippen LogP contribution < -0.4 is 20.6 Å². The molecule has 3 heterocycles. The van der Waals surface area contributed by atoms with E-state index in [1.54, 1.807) is 19.1 Å². The SMILES string of the molecule is CC(=O)Oc1nc(Nc2ccc3cc(C)c(=O)oc3c2)nc(N2CCOCC2)n1. The zero-order valence-corrected chi connectivity index (χ0v) is 16.0. The zero-order chi connectivity index (χ0) is 20.4. The number of aryl methyl sites for hydroxylation is 1. The number of fused-ring (bicyclic) bond motifs is 1. The Hall–Kier alpha value is -3.53. The van der Waals surface area contributed by atoms with Gasteiger partial charge in [0, 0.05) is 42.7 Å². The molecule has 0 bridgehead atoms. The second-order valence-electron chi connectivity index (χ2n) is 6.53. The van der Waals surface area contributed by atoms with Gasteiger partial charge in [0.1, 0.15) is 5.58 Å². The van der Waals surface area contributed by atoms with E-state index in [9.17, 15) is 9.59 Å². The number of hydrogen-bond donors (Lipinski definition) is 1. The summed E-state index contributed by atoms with van der Waals surface area (Å²) in [6.07, 6.45) is 0. The lowest BCUT2D eigenvalue weighted by Crippen LogP contribution is -2.37. The molecule has 2 aromatic heterocycles. The molecule has 4 rings (SSSR count). The van der Waals surface area contributed by atoms with Crippen molar-refractivity contribution in [1.82, 2.24) is 15.0 Å². The summed E-state index contributed by atoms with van der Waals surface area (Å²) < 4.78 is 15.7. The summed E-state index contributed by atoms with van der Waals surface area (Å²) in [5.41, 5.74) is 1.20. The summed E-state index contributed by atoms with van der Waals surface area (Å²) in [5.74, 6) is 0.0504. The summed E-state index contributed by atoms with van der Waals surface area (Å²) in [6, 6.07) is 6.98. The number of carbonyl (C=O) groups is 1. The molecule has 0 amide bonds. The number of anilines is 3. The highest BCUT2D eigenvalue weighted by Crippen LogP contribution is 2.23. The van der Waals surface area contributed by atoms with E-state index in [0.717, 1.165) is 5.39 Å². The Labute approximate surface area is 165 Å². The number of esters is 1. The largest absolute Gasteiger partial charge is 0.422 e. The molecular weight excluding hydrogens is 378 g/mol. The third-order valence-electron chi connectivity index (χ3n) is 4.30. The van der Waals surface area contributed by atoms with Crippen LogP contribution in [0.2, 0.25) is 0 Å². The Balaban J connectivity index is 1.67. The van der Waals surface area contributed by atoms with E-state index >= 15 is 0 Å². The normalized spacial score (nSPS) is 14.1. The van der Waals surface area contributed by atoms with Gasteiger partial charge in [-0.2, -0.15) is 15.0 Å². The van der Waals surface area contributed by atoms with Crippen molar-refractivity contribution in [3.63, 3.8) is 0 Å². The fourth-order valence-electron chi connectivity index (χ4n) is 2.90. The molecule has 1 fully saturated rings. The van der Waals surface area contributed by atoms with Crippen molar-refractivity contribution in [3.05, 3.63) is 40.2 Å². The molecular formula is C19H19N5O5. The molecule has 0 spiro atoms. The van der Waals surface area contributed by atoms with Gasteiger partial charge in [-0.1, -0.05) is 0 Å². The molecule has 1 N–H and O–H groups in total. The average Bonchev–Trinajstić information content (AvgIpc) is 2.69. The van der Waals surface area contributed by atoms with Crippen LogP contribution >= 0.6 is 0 Å². The lowest BCUT2D eigenvalue weighted by atomic mass is 10.2.